The van der Waals surface area contributed by atoms with Gasteiger partial charge in [0.15, 0.2) is 0 Å². The third-order valence-corrected chi connectivity index (χ3v) is 4.61. The van der Waals surface area contributed by atoms with Gasteiger partial charge in [0.2, 0.25) is 0 Å². The molecule has 0 heterocycles. The molecule has 0 bridgehead atoms. The van der Waals surface area contributed by atoms with Crippen LogP contribution in [-0.4, -0.2) is 17.2 Å². The van der Waals surface area contributed by atoms with E-state index in [9.17, 15) is 5.11 Å². The summed E-state index contributed by atoms with van der Waals surface area (Å²) >= 11 is 0. The van der Waals surface area contributed by atoms with E-state index in [1.54, 1.807) is 0 Å². The predicted octanol–water partition coefficient (Wildman–Crippen LogP) is 5.27. The van der Waals surface area contributed by atoms with Crippen LogP contribution in [0.3, 0.4) is 0 Å². The standard InChI is InChI=1S/C26H31NO3/c1-26(2,3)27-17-25(28)22-14-23(29-18-20-10-6-4-7-11-20)16-24(15-22)30-19-21-12-8-5-9-13-21/h4-16,25,27-28H,17-19H2,1-3H3. The van der Waals surface area contributed by atoms with Gasteiger partial charge < -0.3 is 19.9 Å². The molecule has 3 rings (SSSR count). The van der Waals surface area contributed by atoms with Crippen molar-refractivity contribution in [2.75, 3.05) is 6.54 Å². The highest BCUT2D eigenvalue weighted by Gasteiger charge is 2.16. The largest absolute Gasteiger partial charge is 0.489 e. The van der Waals surface area contributed by atoms with Crippen LogP contribution >= 0.6 is 0 Å². The summed E-state index contributed by atoms with van der Waals surface area (Å²) in [5, 5.41) is 14.1. The number of aliphatic hydroxyl groups is 1. The Morgan fingerprint density at radius 3 is 1.67 bits per heavy atom. The van der Waals surface area contributed by atoms with Gasteiger partial charge in [-0.2, -0.15) is 0 Å². The topological polar surface area (TPSA) is 50.7 Å². The van der Waals surface area contributed by atoms with Crippen LogP contribution in [-0.2, 0) is 13.2 Å². The smallest absolute Gasteiger partial charge is 0.123 e. The van der Waals surface area contributed by atoms with Crippen molar-refractivity contribution in [3.05, 3.63) is 95.6 Å². The highest BCUT2D eigenvalue weighted by molar-refractivity contribution is 5.40. The van der Waals surface area contributed by atoms with Crippen molar-refractivity contribution in [3.8, 4) is 11.5 Å². The summed E-state index contributed by atoms with van der Waals surface area (Å²) in [4.78, 5) is 0. The van der Waals surface area contributed by atoms with Crippen LogP contribution < -0.4 is 14.8 Å². The van der Waals surface area contributed by atoms with Crippen molar-refractivity contribution in [1.29, 1.82) is 0 Å². The minimum absolute atomic E-state index is 0.0744. The molecule has 30 heavy (non-hydrogen) atoms. The highest BCUT2D eigenvalue weighted by Crippen LogP contribution is 2.28. The lowest BCUT2D eigenvalue weighted by Gasteiger charge is -2.23. The zero-order chi connectivity index (χ0) is 21.4. The Kier molecular flexibility index (Phi) is 7.50. The second kappa shape index (κ2) is 10.3. The molecule has 0 saturated carbocycles. The summed E-state index contributed by atoms with van der Waals surface area (Å²) < 4.78 is 12.0. The summed E-state index contributed by atoms with van der Waals surface area (Å²) in [6.07, 6.45) is -0.663. The Balaban J connectivity index is 1.75. The maximum Gasteiger partial charge on any atom is 0.123 e. The van der Waals surface area contributed by atoms with Crippen molar-refractivity contribution in [2.45, 2.75) is 45.6 Å². The number of hydrogen-bond acceptors (Lipinski definition) is 4. The van der Waals surface area contributed by atoms with Crippen LogP contribution in [0.1, 0.15) is 43.6 Å². The molecule has 1 unspecified atom stereocenters. The Labute approximate surface area is 179 Å². The molecule has 0 aromatic heterocycles. The normalized spacial score (nSPS) is 12.4. The zero-order valence-electron chi connectivity index (χ0n) is 18.0. The first-order valence-corrected chi connectivity index (χ1v) is 10.3. The first-order valence-electron chi connectivity index (χ1n) is 10.3. The van der Waals surface area contributed by atoms with Gasteiger partial charge >= 0.3 is 0 Å². The number of nitrogens with one attached hydrogen (secondary N) is 1. The van der Waals surface area contributed by atoms with Gasteiger partial charge in [0, 0.05) is 18.2 Å². The molecule has 0 aliphatic rings. The first-order chi connectivity index (χ1) is 14.4. The molecule has 0 aliphatic heterocycles. The maximum absolute atomic E-state index is 10.7. The maximum atomic E-state index is 10.7. The van der Waals surface area contributed by atoms with Crippen molar-refractivity contribution in [1.82, 2.24) is 5.32 Å². The lowest BCUT2D eigenvalue weighted by molar-refractivity contribution is 0.162. The van der Waals surface area contributed by atoms with E-state index in [1.807, 2.05) is 78.9 Å². The quantitative estimate of drug-likeness (QED) is 0.509. The number of rotatable bonds is 9. The summed E-state index contributed by atoms with van der Waals surface area (Å²) in [5.74, 6) is 1.35. The fraction of sp³-hybridized carbons (Fsp3) is 0.308. The van der Waals surface area contributed by atoms with E-state index in [2.05, 4.69) is 26.1 Å². The minimum atomic E-state index is -0.663. The van der Waals surface area contributed by atoms with Gasteiger partial charge in [0.25, 0.3) is 0 Å². The minimum Gasteiger partial charge on any atom is -0.489 e. The van der Waals surface area contributed by atoms with E-state index in [1.165, 1.54) is 0 Å². The molecule has 3 aromatic rings. The summed E-state index contributed by atoms with van der Waals surface area (Å²) in [6, 6.07) is 25.7. The number of hydrogen-bond donors (Lipinski definition) is 2. The Morgan fingerprint density at radius 2 is 1.23 bits per heavy atom. The lowest BCUT2D eigenvalue weighted by atomic mass is 10.1. The molecule has 0 radical (unpaired) electrons. The fourth-order valence-corrected chi connectivity index (χ4v) is 2.96. The van der Waals surface area contributed by atoms with Gasteiger partial charge in [0.1, 0.15) is 24.7 Å². The average Bonchev–Trinajstić information content (AvgIpc) is 2.75. The summed E-state index contributed by atoms with van der Waals surface area (Å²) in [7, 11) is 0. The van der Waals surface area contributed by atoms with E-state index in [0.29, 0.717) is 31.3 Å². The summed E-state index contributed by atoms with van der Waals surface area (Å²) in [5.41, 5.74) is 2.87. The van der Waals surface area contributed by atoms with E-state index in [4.69, 9.17) is 9.47 Å². The van der Waals surface area contributed by atoms with Crippen LogP contribution in [0.2, 0.25) is 0 Å². The van der Waals surface area contributed by atoms with Gasteiger partial charge in [-0.15, -0.1) is 0 Å². The first kappa shape index (κ1) is 21.9. The molecular formula is C26H31NO3. The molecule has 1 atom stereocenters. The lowest BCUT2D eigenvalue weighted by Crippen LogP contribution is -2.38. The van der Waals surface area contributed by atoms with Crippen LogP contribution in [0.15, 0.2) is 78.9 Å². The van der Waals surface area contributed by atoms with Crippen molar-refractivity contribution in [3.63, 3.8) is 0 Å². The molecule has 4 heteroatoms. The Morgan fingerprint density at radius 1 is 0.767 bits per heavy atom. The molecule has 2 N–H and O–H groups in total. The third kappa shape index (κ3) is 7.21. The van der Waals surface area contributed by atoms with Gasteiger partial charge in [0.05, 0.1) is 6.10 Å². The van der Waals surface area contributed by atoms with Crippen molar-refractivity contribution >= 4 is 0 Å². The van der Waals surface area contributed by atoms with Crippen LogP contribution in [0.25, 0.3) is 0 Å². The van der Waals surface area contributed by atoms with E-state index in [-0.39, 0.29) is 5.54 Å². The molecule has 0 fully saturated rings. The van der Waals surface area contributed by atoms with Gasteiger partial charge in [-0.3, -0.25) is 0 Å². The average molecular weight is 406 g/mol. The van der Waals surface area contributed by atoms with Gasteiger partial charge in [-0.25, -0.2) is 0 Å². The van der Waals surface area contributed by atoms with Crippen LogP contribution in [0.4, 0.5) is 0 Å². The number of β-amino-alcohol motifs (C(OH)–C–C–N with tert-alkyl or cyclic N) is 1. The number of ether oxygens (including phenoxy) is 2. The second-order valence-corrected chi connectivity index (χ2v) is 8.43. The van der Waals surface area contributed by atoms with Gasteiger partial charge in [-0.1, -0.05) is 60.7 Å². The van der Waals surface area contributed by atoms with Gasteiger partial charge in [-0.05, 0) is 49.6 Å². The molecule has 0 aliphatic carbocycles. The van der Waals surface area contributed by atoms with E-state index >= 15 is 0 Å². The molecule has 0 saturated heterocycles. The second-order valence-electron chi connectivity index (χ2n) is 8.43. The number of benzene rings is 3. The third-order valence-electron chi connectivity index (χ3n) is 4.61. The number of aliphatic hydroxyl groups excluding tert-OH is 1. The molecule has 0 amide bonds. The monoisotopic (exact) mass is 405 g/mol. The van der Waals surface area contributed by atoms with E-state index in [0.717, 1.165) is 16.7 Å². The predicted molar refractivity (Wildman–Crippen MR) is 121 cm³/mol. The SMILES string of the molecule is CC(C)(C)NCC(O)c1cc(OCc2ccccc2)cc(OCc2ccccc2)c1. The molecular weight excluding hydrogens is 374 g/mol. The van der Waals surface area contributed by atoms with Crippen molar-refractivity contribution in [2.24, 2.45) is 0 Å². The fourth-order valence-electron chi connectivity index (χ4n) is 2.96. The van der Waals surface area contributed by atoms with Crippen molar-refractivity contribution < 1.29 is 14.6 Å². The van der Waals surface area contributed by atoms with E-state index < -0.39 is 6.10 Å². The van der Waals surface area contributed by atoms with Crippen LogP contribution in [0, 0.1) is 0 Å². The molecule has 0 spiro atoms. The highest BCUT2D eigenvalue weighted by atomic mass is 16.5. The Hall–Kier alpha value is -2.82. The molecule has 3 aromatic carbocycles. The Bertz CT molecular complexity index is 843. The zero-order valence-corrected chi connectivity index (χ0v) is 18.0. The van der Waals surface area contributed by atoms with Crippen LogP contribution in [0.5, 0.6) is 11.5 Å². The molecule has 4 nitrogen and oxygen atoms in total. The summed E-state index contributed by atoms with van der Waals surface area (Å²) in [6.45, 7) is 7.59. The molecule has 158 valence electrons.